The molecule has 3 aliphatic heterocycles. The lowest BCUT2D eigenvalue weighted by Crippen LogP contribution is -2.52. The van der Waals surface area contributed by atoms with Crippen molar-refractivity contribution in [3.05, 3.63) is 29.3 Å². The van der Waals surface area contributed by atoms with Gasteiger partial charge in [0.1, 0.15) is 17.9 Å². The Hall–Kier alpha value is -2.45. The number of nitrogens with one attached hydrogen (secondary N) is 2. The summed E-state index contributed by atoms with van der Waals surface area (Å²) in [5.74, 6) is 0.634. The molecule has 1 unspecified atom stereocenters. The van der Waals surface area contributed by atoms with E-state index in [1.165, 1.54) is 6.42 Å². The number of amides is 3. The lowest BCUT2D eigenvalue weighted by molar-refractivity contribution is -0.136. The molecular formula is C25H33N3O5. The van der Waals surface area contributed by atoms with Gasteiger partial charge in [-0.15, -0.1) is 0 Å². The van der Waals surface area contributed by atoms with Gasteiger partial charge in [0.05, 0.1) is 0 Å². The summed E-state index contributed by atoms with van der Waals surface area (Å²) in [5.41, 5.74) is 1.50. The zero-order valence-electron chi connectivity index (χ0n) is 19.0. The molecule has 1 saturated carbocycles. The minimum absolute atomic E-state index is 0.111. The minimum atomic E-state index is -0.593. The molecule has 1 aromatic carbocycles. The van der Waals surface area contributed by atoms with Crippen LogP contribution < -0.4 is 15.4 Å². The van der Waals surface area contributed by atoms with E-state index in [1.807, 2.05) is 18.2 Å². The van der Waals surface area contributed by atoms with Gasteiger partial charge in [-0.2, -0.15) is 0 Å². The van der Waals surface area contributed by atoms with E-state index in [1.54, 1.807) is 4.90 Å². The Bertz CT molecular complexity index is 913. The number of imide groups is 1. The van der Waals surface area contributed by atoms with E-state index in [-0.39, 0.29) is 30.2 Å². The molecule has 1 aliphatic carbocycles. The molecule has 8 heteroatoms. The highest BCUT2D eigenvalue weighted by molar-refractivity contribution is 6.05. The summed E-state index contributed by atoms with van der Waals surface area (Å²) in [4.78, 5) is 38.2. The topological polar surface area (TPSA) is 97.0 Å². The molecule has 3 atom stereocenters. The number of piperidine rings is 1. The Kier molecular flexibility index (Phi) is 6.64. The number of rotatable bonds is 6. The standard InChI is InChI=1S/C25H33N3O5/c29-23-8-7-21(24(30)27-23)28-15-17-13-18(5-6-19(17)25(28)31)33-22-4-2-1-3-20(22)26-14-16-9-11-32-12-10-16/h5-6,13,16,20-22,26H,1-4,7-12,14-15H2,(H,27,29,30)/t20-,21?,22+/m0/s1. The first-order chi connectivity index (χ1) is 16.1. The van der Waals surface area contributed by atoms with Gasteiger partial charge in [-0.05, 0) is 74.8 Å². The second-order valence-electron chi connectivity index (χ2n) is 9.73. The molecule has 0 aromatic heterocycles. The Morgan fingerprint density at radius 2 is 1.88 bits per heavy atom. The van der Waals surface area contributed by atoms with Gasteiger partial charge in [-0.3, -0.25) is 19.7 Å². The van der Waals surface area contributed by atoms with Crippen molar-refractivity contribution in [2.75, 3.05) is 19.8 Å². The monoisotopic (exact) mass is 455 g/mol. The highest BCUT2D eigenvalue weighted by Crippen LogP contribution is 2.32. The fourth-order valence-electron chi connectivity index (χ4n) is 5.54. The van der Waals surface area contributed by atoms with Crippen LogP contribution in [0.15, 0.2) is 18.2 Å². The van der Waals surface area contributed by atoms with E-state index < -0.39 is 6.04 Å². The van der Waals surface area contributed by atoms with Gasteiger partial charge < -0.3 is 19.7 Å². The molecule has 0 radical (unpaired) electrons. The van der Waals surface area contributed by atoms with Crippen molar-refractivity contribution in [3.63, 3.8) is 0 Å². The maximum atomic E-state index is 12.9. The van der Waals surface area contributed by atoms with Crippen LogP contribution in [0.5, 0.6) is 5.75 Å². The molecule has 2 saturated heterocycles. The van der Waals surface area contributed by atoms with E-state index in [4.69, 9.17) is 9.47 Å². The Labute approximate surface area is 194 Å². The molecule has 0 bridgehead atoms. The van der Waals surface area contributed by atoms with Crippen LogP contribution in [0.1, 0.15) is 67.3 Å². The van der Waals surface area contributed by atoms with E-state index in [2.05, 4.69) is 10.6 Å². The molecule has 3 amide bonds. The van der Waals surface area contributed by atoms with Gasteiger partial charge in [0.25, 0.3) is 5.91 Å². The molecule has 0 spiro atoms. The summed E-state index contributed by atoms with van der Waals surface area (Å²) in [7, 11) is 0. The van der Waals surface area contributed by atoms with Crippen LogP contribution in [0.3, 0.4) is 0 Å². The Balaban J connectivity index is 1.22. The van der Waals surface area contributed by atoms with Crippen molar-refractivity contribution in [1.29, 1.82) is 0 Å². The summed E-state index contributed by atoms with van der Waals surface area (Å²) < 4.78 is 11.9. The zero-order valence-corrected chi connectivity index (χ0v) is 19.0. The summed E-state index contributed by atoms with van der Waals surface area (Å²) >= 11 is 0. The molecule has 8 nitrogen and oxygen atoms in total. The van der Waals surface area contributed by atoms with Gasteiger partial charge in [0.2, 0.25) is 11.8 Å². The van der Waals surface area contributed by atoms with Crippen LogP contribution in [0.2, 0.25) is 0 Å². The average Bonchev–Trinajstić information content (AvgIpc) is 3.14. The van der Waals surface area contributed by atoms with Gasteiger partial charge in [-0.1, -0.05) is 6.42 Å². The molecule has 3 fully saturated rings. The SMILES string of the molecule is O=C1CCC(N2Cc3cc(O[C@@H]4CCCC[C@@H]4NCC4CCOCC4)ccc3C2=O)C(=O)N1. The number of carbonyl (C=O) groups excluding carboxylic acids is 3. The number of ether oxygens (including phenoxy) is 2. The summed E-state index contributed by atoms with van der Waals surface area (Å²) in [5, 5.41) is 6.11. The number of nitrogens with zero attached hydrogens (tertiary/aromatic N) is 1. The highest BCUT2D eigenvalue weighted by Gasteiger charge is 2.39. The molecule has 3 heterocycles. The first kappa shape index (κ1) is 22.3. The first-order valence-electron chi connectivity index (χ1n) is 12.3. The van der Waals surface area contributed by atoms with Crippen LogP contribution in [0, 0.1) is 5.92 Å². The second-order valence-corrected chi connectivity index (χ2v) is 9.73. The molecular weight excluding hydrogens is 422 g/mol. The van der Waals surface area contributed by atoms with Gasteiger partial charge >= 0.3 is 0 Å². The number of carbonyl (C=O) groups is 3. The summed E-state index contributed by atoms with van der Waals surface area (Å²) in [6.45, 7) is 3.10. The summed E-state index contributed by atoms with van der Waals surface area (Å²) in [6.07, 6.45) is 7.48. The minimum Gasteiger partial charge on any atom is -0.489 e. The molecule has 2 N–H and O–H groups in total. The fraction of sp³-hybridized carbons (Fsp3) is 0.640. The number of hydrogen-bond donors (Lipinski definition) is 2. The molecule has 4 aliphatic rings. The van der Waals surface area contributed by atoms with Gasteiger partial charge in [0.15, 0.2) is 0 Å². The smallest absolute Gasteiger partial charge is 0.255 e. The van der Waals surface area contributed by atoms with Crippen LogP contribution in [-0.4, -0.2) is 60.6 Å². The first-order valence-corrected chi connectivity index (χ1v) is 12.3. The highest BCUT2D eigenvalue weighted by atomic mass is 16.5. The Morgan fingerprint density at radius 1 is 1.06 bits per heavy atom. The lowest BCUT2D eigenvalue weighted by atomic mass is 9.91. The zero-order chi connectivity index (χ0) is 22.8. The second kappa shape index (κ2) is 9.81. The van der Waals surface area contributed by atoms with Crippen LogP contribution in [-0.2, 0) is 20.9 Å². The molecule has 5 rings (SSSR count). The fourth-order valence-corrected chi connectivity index (χ4v) is 5.54. The van der Waals surface area contributed by atoms with Crippen molar-refractivity contribution in [3.8, 4) is 5.75 Å². The van der Waals surface area contributed by atoms with E-state index >= 15 is 0 Å². The van der Waals surface area contributed by atoms with Crippen LogP contribution in [0.4, 0.5) is 0 Å². The normalized spacial score (nSPS) is 28.5. The van der Waals surface area contributed by atoms with Crippen molar-refractivity contribution in [2.45, 2.75) is 76.1 Å². The third-order valence-corrected chi connectivity index (χ3v) is 7.49. The van der Waals surface area contributed by atoms with Gasteiger partial charge in [-0.25, -0.2) is 0 Å². The Morgan fingerprint density at radius 3 is 2.70 bits per heavy atom. The van der Waals surface area contributed by atoms with Gasteiger partial charge in [0, 0.05) is 37.8 Å². The third kappa shape index (κ3) is 4.92. The predicted molar refractivity (Wildman–Crippen MR) is 121 cm³/mol. The van der Waals surface area contributed by atoms with E-state index in [0.29, 0.717) is 30.5 Å². The quantitative estimate of drug-likeness (QED) is 0.638. The van der Waals surface area contributed by atoms with E-state index in [0.717, 1.165) is 63.2 Å². The summed E-state index contributed by atoms with van der Waals surface area (Å²) in [6, 6.07) is 5.37. The third-order valence-electron chi connectivity index (χ3n) is 7.49. The maximum Gasteiger partial charge on any atom is 0.255 e. The number of hydrogen-bond acceptors (Lipinski definition) is 6. The molecule has 33 heavy (non-hydrogen) atoms. The molecule has 178 valence electrons. The van der Waals surface area contributed by atoms with Crippen molar-refractivity contribution >= 4 is 17.7 Å². The largest absolute Gasteiger partial charge is 0.489 e. The average molecular weight is 456 g/mol. The predicted octanol–water partition coefficient (Wildman–Crippen LogP) is 2.15. The maximum absolute atomic E-state index is 12.9. The lowest BCUT2D eigenvalue weighted by Gasteiger charge is -2.34. The van der Waals surface area contributed by atoms with Crippen molar-refractivity contribution in [2.24, 2.45) is 5.92 Å². The van der Waals surface area contributed by atoms with Crippen LogP contribution in [0.25, 0.3) is 0 Å². The molecule has 1 aromatic rings. The van der Waals surface area contributed by atoms with Crippen LogP contribution >= 0.6 is 0 Å². The van der Waals surface area contributed by atoms with Crippen molar-refractivity contribution < 1.29 is 23.9 Å². The number of benzene rings is 1. The van der Waals surface area contributed by atoms with E-state index in [9.17, 15) is 14.4 Å². The number of fused-ring (bicyclic) bond motifs is 1. The van der Waals surface area contributed by atoms with Crippen molar-refractivity contribution in [1.82, 2.24) is 15.5 Å².